The van der Waals surface area contributed by atoms with Crippen LogP contribution in [0.25, 0.3) is 0 Å². The van der Waals surface area contributed by atoms with E-state index in [2.05, 4.69) is 0 Å². The van der Waals surface area contributed by atoms with Crippen molar-refractivity contribution in [1.29, 1.82) is 0 Å². The number of hydrogen-bond donors (Lipinski definition) is 6. The Kier molecular flexibility index (Phi) is 6.70. The Labute approximate surface area is 143 Å². The van der Waals surface area contributed by atoms with Gasteiger partial charge >= 0.3 is 5.97 Å². The average Bonchev–Trinajstić information content (AvgIpc) is 2.58. The first-order valence-electron chi connectivity index (χ1n) is 7.85. The number of aliphatic hydroxyl groups is 4. The minimum absolute atomic E-state index is 0.488. The molecule has 2 aliphatic rings. The minimum Gasteiger partial charge on any atom is -0.479 e. The SMILES string of the molecule is CO[C@@H]1C(C(=O)O)O[C@@H](OC2[C@H](O)C(CO)O[C@@H](C)[C@H]2N)C(O)[C@H]1O. The van der Waals surface area contributed by atoms with Gasteiger partial charge in [0.25, 0.3) is 0 Å². The largest absolute Gasteiger partial charge is 0.479 e. The van der Waals surface area contributed by atoms with Gasteiger partial charge in [-0.2, -0.15) is 0 Å². The smallest absolute Gasteiger partial charge is 0.335 e. The lowest BCUT2D eigenvalue weighted by Crippen LogP contribution is -2.66. The first kappa shape index (κ1) is 20.4. The lowest BCUT2D eigenvalue weighted by atomic mass is 9.93. The highest BCUT2D eigenvalue weighted by atomic mass is 16.7. The van der Waals surface area contributed by atoms with E-state index in [4.69, 9.17) is 24.7 Å². The third-order valence-electron chi connectivity index (χ3n) is 4.56. The predicted molar refractivity (Wildman–Crippen MR) is 79.4 cm³/mol. The molecule has 2 fully saturated rings. The average molecular weight is 367 g/mol. The molecule has 7 N–H and O–H groups in total. The van der Waals surface area contributed by atoms with E-state index in [9.17, 15) is 30.3 Å². The van der Waals surface area contributed by atoms with Crippen LogP contribution in [-0.4, -0.2) is 106 Å². The molecule has 0 amide bonds. The third-order valence-corrected chi connectivity index (χ3v) is 4.56. The molecule has 2 heterocycles. The number of carbonyl (C=O) groups is 1. The summed E-state index contributed by atoms with van der Waals surface area (Å²) in [5.74, 6) is -1.41. The Morgan fingerprint density at radius 2 is 1.76 bits per heavy atom. The molecule has 11 heteroatoms. The van der Waals surface area contributed by atoms with Gasteiger partial charge in [-0.05, 0) is 6.92 Å². The molecule has 4 unspecified atom stereocenters. The topological polar surface area (TPSA) is 181 Å². The molecule has 0 saturated carbocycles. The van der Waals surface area contributed by atoms with Crippen molar-refractivity contribution in [2.24, 2.45) is 5.73 Å². The molecule has 0 bridgehead atoms. The van der Waals surface area contributed by atoms with Crippen LogP contribution in [0.1, 0.15) is 6.92 Å². The van der Waals surface area contributed by atoms with Crippen LogP contribution >= 0.6 is 0 Å². The van der Waals surface area contributed by atoms with Gasteiger partial charge in [-0.1, -0.05) is 0 Å². The summed E-state index contributed by atoms with van der Waals surface area (Å²) in [5.41, 5.74) is 5.94. The zero-order valence-corrected chi connectivity index (χ0v) is 13.8. The zero-order chi connectivity index (χ0) is 18.9. The maximum atomic E-state index is 11.3. The van der Waals surface area contributed by atoms with E-state index in [1.54, 1.807) is 6.92 Å². The molecule has 10 atom stereocenters. The fourth-order valence-corrected chi connectivity index (χ4v) is 3.04. The van der Waals surface area contributed by atoms with Gasteiger partial charge in [0.2, 0.25) is 0 Å². The van der Waals surface area contributed by atoms with Crippen LogP contribution < -0.4 is 5.73 Å². The lowest BCUT2D eigenvalue weighted by Gasteiger charge is -2.46. The molecule has 0 radical (unpaired) electrons. The van der Waals surface area contributed by atoms with E-state index in [1.807, 2.05) is 0 Å². The second-order valence-corrected chi connectivity index (χ2v) is 6.18. The highest BCUT2D eigenvalue weighted by Gasteiger charge is 2.51. The number of aliphatic carboxylic acids is 1. The highest BCUT2D eigenvalue weighted by molar-refractivity contribution is 5.73. The molecule has 0 aromatic rings. The van der Waals surface area contributed by atoms with Gasteiger partial charge in [0.15, 0.2) is 12.4 Å². The molecule has 0 aromatic heterocycles. The lowest BCUT2D eigenvalue weighted by molar-refractivity contribution is -0.326. The maximum absolute atomic E-state index is 11.3. The Hall–Kier alpha value is -0.890. The molecular weight excluding hydrogens is 342 g/mol. The van der Waals surface area contributed by atoms with Gasteiger partial charge in [-0.25, -0.2) is 4.79 Å². The molecular formula is C14H25NO10. The molecule has 11 nitrogen and oxygen atoms in total. The van der Waals surface area contributed by atoms with Gasteiger partial charge in [0, 0.05) is 7.11 Å². The number of methoxy groups -OCH3 is 1. The van der Waals surface area contributed by atoms with E-state index in [-0.39, 0.29) is 0 Å². The van der Waals surface area contributed by atoms with E-state index in [1.165, 1.54) is 7.11 Å². The molecule has 2 aliphatic heterocycles. The number of aliphatic hydroxyl groups excluding tert-OH is 4. The van der Waals surface area contributed by atoms with Crippen LogP contribution in [0.2, 0.25) is 0 Å². The number of rotatable bonds is 5. The van der Waals surface area contributed by atoms with Crippen LogP contribution in [0.3, 0.4) is 0 Å². The number of carboxylic acids is 1. The van der Waals surface area contributed by atoms with E-state index in [0.29, 0.717) is 0 Å². The van der Waals surface area contributed by atoms with Crippen molar-refractivity contribution in [3.63, 3.8) is 0 Å². The Morgan fingerprint density at radius 3 is 2.28 bits per heavy atom. The van der Waals surface area contributed by atoms with E-state index in [0.717, 1.165) is 0 Å². The standard InChI is InChI=1S/C14H25NO10/c1-4-6(15)10(7(17)5(3-16)23-4)24-14-9(19)8(18)11(22-2)12(25-14)13(20)21/h4-12,14,16-19H,3,15H2,1-2H3,(H,20,21)/t4-,5?,6+,7+,8+,9?,10?,11-,12?,14+/m0/s1. The van der Waals surface area contributed by atoms with E-state index < -0.39 is 73.7 Å². The zero-order valence-electron chi connectivity index (χ0n) is 13.8. The van der Waals surface area contributed by atoms with Crippen molar-refractivity contribution in [1.82, 2.24) is 0 Å². The Morgan fingerprint density at radius 1 is 1.12 bits per heavy atom. The fraction of sp³-hybridized carbons (Fsp3) is 0.929. The number of nitrogens with two attached hydrogens (primary N) is 1. The van der Waals surface area contributed by atoms with E-state index >= 15 is 0 Å². The van der Waals surface area contributed by atoms with Crippen molar-refractivity contribution < 1.29 is 49.3 Å². The van der Waals surface area contributed by atoms with Crippen LogP contribution in [0.5, 0.6) is 0 Å². The summed E-state index contributed by atoms with van der Waals surface area (Å²) in [6, 6.07) is -0.839. The Bertz CT molecular complexity index is 465. The number of hydrogen-bond acceptors (Lipinski definition) is 10. The monoisotopic (exact) mass is 367 g/mol. The first-order valence-corrected chi connectivity index (χ1v) is 7.85. The summed E-state index contributed by atoms with van der Waals surface area (Å²) in [6.07, 6.45) is -11.7. The van der Waals surface area contributed by atoms with Gasteiger partial charge in [-0.15, -0.1) is 0 Å². The molecule has 25 heavy (non-hydrogen) atoms. The van der Waals surface area contributed by atoms with Gasteiger partial charge in [0.05, 0.1) is 18.8 Å². The molecule has 0 spiro atoms. The fourth-order valence-electron chi connectivity index (χ4n) is 3.04. The second-order valence-electron chi connectivity index (χ2n) is 6.18. The second kappa shape index (κ2) is 8.20. The molecule has 0 aromatic carbocycles. The minimum atomic E-state index is -1.63. The predicted octanol–water partition coefficient (Wildman–Crippen LogP) is -3.61. The molecule has 146 valence electrons. The van der Waals surface area contributed by atoms with Crippen LogP contribution in [-0.2, 0) is 23.7 Å². The van der Waals surface area contributed by atoms with Crippen LogP contribution in [0.15, 0.2) is 0 Å². The van der Waals surface area contributed by atoms with Crippen LogP contribution in [0.4, 0.5) is 0 Å². The third kappa shape index (κ3) is 3.94. The van der Waals surface area contributed by atoms with Crippen molar-refractivity contribution in [3.8, 4) is 0 Å². The normalized spacial score (nSPS) is 48.3. The van der Waals surface area contributed by atoms with Crippen molar-refractivity contribution in [2.45, 2.75) is 68.1 Å². The molecule has 0 aliphatic carbocycles. The summed E-state index contributed by atoms with van der Waals surface area (Å²) >= 11 is 0. The van der Waals surface area contributed by atoms with Gasteiger partial charge in [0.1, 0.15) is 36.6 Å². The maximum Gasteiger partial charge on any atom is 0.335 e. The van der Waals surface area contributed by atoms with Crippen molar-refractivity contribution >= 4 is 5.97 Å². The first-order chi connectivity index (χ1) is 11.7. The summed E-state index contributed by atoms with van der Waals surface area (Å²) in [4.78, 5) is 11.3. The summed E-state index contributed by atoms with van der Waals surface area (Å²) in [5, 5.41) is 49.0. The van der Waals surface area contributed by atoms with Crippen molar-refractivity contribution in [3.05, 3.63) is 0 Å². The number of ether oxygens (including phenoxy) is 4. The summed E-state index contributed by atoms with van der Waals surface area (Å²) in [7, 11) is 1.17. The van der Waals surface area contributed by atoms with Gasteiger partial charge in [-0.3, -0.25) is 0 Å². The van der Waals surface area contributed by atoms with Crippen molar-refractivity contribution in [2.75, 3.05) is 13.7 Å². The summed E-state index contributed by atoms with van der Waals surface area (Å²) in [6.45, 7) is 1.13. The van der Waals surface area contributed by atoms with Gasteiger partial charge < -0.3 is 50.2 Å². The Balaban J connectivity index is 2.17. The quantitative estimate of drug-likeness (QED) is 0.282. The molecule has 2 saturated heterocycles. The highest BCUT2D eigenvalue weighted by Crippen LogP contribution is 2.29. The molecule has 2 rings (SSSR count). The van der Waals surface area contributed by atoms with Crippen LogP contribution in [0, 0.1) is 0 Å². The number of carboxylic acid groups (broad SMARTS) is 1. The summed E-state index contributed by atoms with van der Waals surface area (Å²) < 4.78 is 20.9.